The highest BCUT2D eigenvalue weighted by Gasteiger charge is 1.95. The van der Waals surface area contributed by atoms with Crippen LogP contribution in [0.1, 0.15) is 20.8 Å². The first-order valence-corrected chi connectivity index (χ1v) is 4.33. The van der Waals surface area contributed by atoms with Crippen LogP contribution >= 0.6 is 0 Å². The van der Waals surface area contributed by atoms with Crippen LogP contribution in [0.15, 0.2) is 34.3 Å². The Bertz CT molecular complexity index is 334. The number of benzene rings is 1. The van der Waals surface area contributed by atoms with E-state index in [2.05, 4.69) is 9.98 Å². The predicted molar refractivity (Wildman–Crippen MR) is 58.7 cm³/mol. The lowest BCUT2D eigenvalue weighted by atomic mass is 10.2. The molecule has 0 aliphatic rings. The molecule has 2 heteroatoms. The maximum Gasteiger partial charge on any atom is 0.0885 e. The van der Waals surface area contributed by atoms with Crippen molar-refractivity contribution in [3.8, 4) is 0 Å². The summed E-state index contributed by atoms with van der Waals surface area (Å²) >= 11 is 0. The molecule has 0 radical (unpaired) electrons. The molecule has 0 heterocycles. The minimum absolute atomic E-state index is 0.922. The normalized spacial score (nSPS) is 10.4. The molecule has 0 aromatic heterocycles. The van der Waals surface area contributed by atoms with Gasteiger partial charge < -0.3 is 0 Å². The SMILES string of the molecule is CC=Nc1ccccc1N=C(C)C. The molecule has 0 saturated carbocycles. The number of hydrogen-bond donors (Lipinski definition) is 0. The second-order valence-electron chi connectivity index (χ2n) is 2.94. The summed E-state index contributed by atoms with van der Waals surface area (Å²) in [5.41, 5.74) is 2.89. The highest BCUT2D eigenvalue weighted by atomic mass is 14.8. The average Bonchev–Trinajstić information content (AvgIpc) is 2.08. The molecule has 1 aromatic carbocycles. The minimum atomic E-state index is 0.922. The molecule has 0 fully saturated rings. The summed E-state index contributed by atoms with van der Waals surface area (Å²) in [7, 11) is 0. The zero-order valence-corrected chi connectivity index (χ0v) is 8.28. The topological polar surface area (TPSA) is 24.7 Å². The van der Waals surface area contributed by atoms with Crippen LogP contribution in [-0.4, -0.2) is 11.9 Å². The summed E-state index contributed by atoms with van der Waals surface area (Å²) in [5, 5.41) is 0. The Balaban J connectivity index is 3.12. The van der Waals surface area contributed by atoms with Gasteiger partial charge in [-0.1, -0.05) is 12.1 Å². The molecule has 68 valence electrons. The Hall–Kier alpha value is -1.44. The van der Waals surface area contributed by atoms with Crippen LogP contribution in [0.2, 0.25) is 0 Å². The second-order valence-corrected chi connectivity index (χ2v) is 2.94. The summed E-state index contributed by atoms with van der Waals surface area (Å²) in [6.45, 7) is 5.86. The van der Waals surface area contributed by atoms with Gasteiger partial charge in [-0.3, -0.25) is 9.98 Å². The zero-order chi connectivity index (χ0) is 9.68. The van der Waals surface area contributed by atoms with E-state index >= 15 is 0 Å². The maximum absolute atomic E-state index is 4.38. The second kappa shape index (κ2) is 4.55. The quantitative estimate of drug-likeness (QED) is 0.613. The number of para-hydroxylation sites is 2. The van der Waals surface area contributed by atoms with Crippen molar-refractivity contribution in [2.45, 2.75) is 20.8 Å². The number of aliphatic imine (C=N–C) groups is 2. The zero-order valence-electron chi connectivity index (χ0n) is 8.28. The first-order chi connectivity index (χ1) is 6.24. The number of hydrogen-bond acceptors (Lipinski definition) is 2. The van der Waals surface area contributed by atoms with Crippen molar-refractivity contribution in [1.82, 2.24) is 0 Å². The van der Waals surface area contributed by atoms with Crippen LogP contribution < -0.4 is 0 Å². The molecular formula is C11H14N2. The van der Waals surface area contributed by atoms with Gasteiger partial charge in [-0.25, -0.2) is 0 Å². The molecule has 0 unspecified atom stereocenters. The average molecular weight is 174 g/mol. The van der Waals surface area contributed by atoms with Crippen molar-refractivity contribution in [1.29, 1.82) is 0 Å². The summed E-state index contributed by atoms with van der Waals surface area (Å²) in [5.74, 6) is 0. The highest BCUT2D eigenvalue weighted by Crippen LogP contribution is 2.26. The fraction of sp³-hybridized carbons (Fsp3) is 0.273. The predicted octanol–water partition coefficient (Wildman–Crippen LogP) is 3.52. The van der Waals surface area contributed by atoms with Gasteiger partial charge in [0.25, 0.3) is 0 Å². The standard InChI is InChI=1S/C11H14N2/c1-4-12-10-7-5-6-8-11(10)13-9(2)3/h4-8H,1-3H3. The van der Waals surface area contributed by atoms with Gasteiger partial charge in [-0.2, -0.15) is 0 Å². The molecular weight excluding hydrogens is 160 g/mol. The van der Waals surface area contributed by atoms with Crippen LogP contribution in [0, 0.1) is 0 Å². The van der Waals surface area contributed by atoms with Crippen LogP contribution in [0.5, 0.6) is 0 Å². The van der Waals surface area contributed by atoms with E-state index in [0.29, 0.717) is 0 Å². The Kier molecular flexibility index (Phi) is 3.38. The van der Waals surface area contributed by atoms with E-state index in [9.17, 15) is 0 Å². The van der Waals surface area contributed by atoms with Crippen molar-refractivity contribution in [2.24, 2.45) is 9.98 Å². The Morgan fingerprint density at radius 1 is 1.15 bits per heavy atom. The molecule has 2 nitrogen and oxygen atoms in total. The Morgan fingerprint density at radius 3 is 2.31 bits per heavy atom. The van der Waals surface area contributed by atoms with Crippen LogP contribution in [0.3, 0.4) is 0 Å². The molecule has 0 bridgehead atoms. The van der Waals surface area contributed by atoms with Gasteiger partial charge in [0.2, 0.25) is 0 Å². The Labute approximate surface area is 79.0 Å². The molecule has 0 spiro atoms. The van der Waals surface area contributed by atoms with Crippen molar-refractivity contribution in [2.75, 3.05) is 0 Å². The van der Waals surface area contributed by atoms with E-state index in [-0.39, 0.29) is 0 Å². The third-order valence-corrected chi connectivity index (χ3v) is 1.49. The van der Waals surface area contributed by atoms with Crippen LogP contribution in [-0.2, 0) is 0 Å². The monoisotopic (exact) mass is 174 g/mol. The minimum Gasteiger partial charge on any atom is -0.259 e. The van der Waals surface area contributed by atoms with Gasteiger partial charge in [-0.15, -0.1) is 0 Å². The molecule has 0 aliphatic carbocycles. The van der Waals surface area contributed by atoms with E-state index in [1.54, 1.807) is 6.21 Å². The molecule has 0 saturated heterocycles. The molecule has 0 N–H and O–H groups in total. The molecule has 1 rings (SSSR count). The summed E-state index contributed by atoms with van der Waals surface area (Å²) < 4.78 is 0. The van der Waals surface area contributed by atoms with Gasteiger partial charge in [0.05, 0.1) is 11.4 Å². The highest BCUT2D eigenvalue weighted by molar-refractivity contribution is 5.84. The molecule has 13 heavy (non-hydrogen) atoms. The lowest BCUT2D eigenvalue weighted by Gasteiger charge is -1.99. The third kappa shape index (κ3) is 2.82. The van der Waals surface area contributed by atoms with E-state index < -0.39 is 0 Å². The van der Waals surface area contributed by atoms with E-state index in [1.165, 1.54) is 0 Å². The third-order valence-electron chi connectivity index (χ3n) is 1.49. The molecule has 0 atom stereocenters. The molecule has 1 aromatic rings. The van der Waals surface area contributed by atoms with E-state index in [0.717, 1.165) is 17.1 Å². The van der Waals surface area contributed by atoms with Crippen molar-refractivity contribution in [3.63, 3.8) is 0 Å². The number of rotatable bonds is 2. The molecule has 0 amide bonds. The van der Waals surface area contributed by atoms with E-state index in [1.807, 2.05) is 45.0 Å². The summed E-state index contributed by atoms with van der Waals surface area (Å²) in [6, 6.07) is 7.86. The van der Waals surface area contributed by atoms with E-state index in [4.69, 9.17) is 0 Å². The number of nitrogens with zero attached hydrogens (tertiary/aromatic N) is 2. The maximum atomic E-state index is 4.38. The van der Waals surface area contributed by atoms with Crippen LogP contribution in [0.25, 0.3) is 0 Å². The van der Waals surface area contributed by atoms with Gasteiger partial charge in [0.1, 0.15) is 0 Å². The van der Waals surface area contributed by atoms with Gasteiger partial charge >= 0.3 is 0 Å². The fourth-order valence-electron chi connectivity index (χ4n) is 1.05. The largest absolute Gasteiger partial charge is 0.259 e. The van der Waals surface area contributed by atoms with Crippen LogP contribution in [0.4, 0.5) is 11.4 Å². The fourth-order valence-corrected chi connectivity index (χ4v) is 1.05. The van der Waals surface area contributed by atoms with Gasteiger partial charge in [0, 0.05) is 11.9 Å². The lowest BCUT2D eigenvalue weighted by molar-refractivity contribution is 1.43. The van der Waals surface area contributed by atoms with Crippen molar-refractivity contribution >= 4 is 23.3 Å². The molecule has 0 aliphatic heterocycles. The van der Waals surface area contributed by atoms with Gasteiger partial charge in [-0.05, 0) is 32.9 Å². The smallest absolute Gasteiger partial charge is 0.0885 e. The van der Waals surface area contributed by atoms with Crippen molar-refractivity contribution < 1.29 is 0 Å². The first-order valence-electron chi connectivity index (χ1n) is 4.33. The summed E-state index contributed by atoms with van der Waals surface area (Å²) in [6.07, 6.45) is 1.78. The van der Waals surface area contributed by atoms with Gasteiger partial charge in [0.15, 0.2) is 0 Å². The summed E-state index contributed by atoms with van der Waals surface area (Å²) in [4.78, 5) is 8.61. The Morgan fingerprint density at radius 2 is 1.77 bits per heavy atom. The van der Waals surface area contributed by atoms with Crippen molar-refractivity contribution in [3.05, 3.63) is 24.3 Å². The lowest BCUT2D eigenvalue weighted by Crippen LogP contribution is -1.78. The first kappa shape index (κ1) is 9.65.